The molecule has 0 aromatic heterocycles. The fourth-order valence-corrected chi connectivity index (χ4v) is 2.34. The van der Waals surface area contributed by atoms with E-state index in [1.807, 2.05) is 30.3 Å². The molecular weight excluding hydrogens is 321 g/mol. The van der Waals surface area contributed by atoms with Crippen molar-refractivity contribution in [2.75, 3.05) is 13.1 Å². The number of carbonyl (C=O) groups is 2. The van der Waals surface area contributed by atoms with E-state index in [1.54, 1.807) is 6.07 Å². The average molecular weight is 343 g/mol. The molecule has 0 spiro atoms. The Morgan fingerprint density at radius 2 is 1.72 bits per heavy atom. The molecule has 0 aliphatic rings. The number of amides is 2. The van der Waals surface area contributed by atoms with Crippen LogP contribution in [0.1, 0.15) is 34.8 Å². The molecule has 0 aliphatic heterocycles. The van der Waals surface area contributed by atoms with Gasteiger partial charge in [-0.3, -0.25) is 9.59 Å². The third-order valence-electron chi connectivity index (χ3n) is 3.68. The molecule has 0 fully saturated rings. The van der Waals surface area contributed by atoms with Gasteiger partial charge in [0.1, 0.15) is 5.82 Å². The summed E-state index contributed by atoms with van der Waals surface area (Å²) in [7, 11) is 0. The van der Waals surface area contributed by atoms with Gasteiger partial charge in [0.15, 0.2) is 0 Å². The molecule has 1 atom stereocenters. The Hall–Kier alpha value is -2.73. The van der Waals surface area contributed by atoms with Gasteiger partial charge < -0.3 is 16.4 Å². The molecule has 0 heterocycles. The van der Waals surface area contributed by atoms with E-state index < -0.39 is 5.82 Å². The van der Waals surface area contributed by atoms with E-state index >= 15 is 0 Å². The summed E-state index contributed by atoms with van der Waals surface area (Å²) in [5.74, 6) is -0.917. The van der Waals surface area contributed by atoms with E-state index in [1.165, 1.54) is 18.2 Å². The lowest BCUT2D eigenvalue weighted by molar-refractivity contribution is -0.121. The van der Waals surface area contributed by atoms with Crippen LogP contribution < -0.4 is 16.4 Å². The highest BCUT2D eigenvalue weighted by Gasteiger charge is 2.11. The zero-order valence-corrected chi connectivity index (χ0v) is 13.9. The number of hydrogen-bond donors (Lipinski definition) is 3. The highest BCUT2D eigenvalue weighted by Crippen LogP contribution is 2.12. The SMILES string of the molecule is NC(CC(=O)NCCCNC(=O)c1cccc(F)c1)c1ccccc1. The third-order valence-corrected chi connectivity index (χ3v) is 3.68. The summed E-state index contributed by atoms with van der Waals surface area (Å²) >= 11 is 0. The number of hydrogen-bond acceptors (Lipinski definition) is 3. The zero-order valence-electron chi connectivity index (χ0n) is 13.9. The van der Waals surface area contributed by atoms with Crippen molar-refractivity contribution in [3.63, 3.8) is 0 Å². The normalized spacial score (nSPS) is 11.6. The van der Waals surface area contributed by atoms with Crippen LogP contribution in [0.5, 0.6) is 0 Å². The second kappa shape index (κ2) is 9.54. The van der Waals surface area contributed by atoms with Gasteiger partial charge in [0, 0.05) is 31.1 Å². The molecule has 0 bridgehead atoms. The summed E-state index contributed by atoms with van der Waals surface area (Å²) in [6, 6.07) is 14.6. The molecule has 2 aromatic rings. The van der Waals surface area contributed by atoms with Crippen molar-refractivity contribution >= 4 is 11.8 Å². The molecule has 4 N–H and O–H groups in total. The van der Waals surface area contributed by atoms with E-state index in [0.29, 0.717) is 19.5 Å². The lowest BCUT2D eigenvalue weighted by Gasteiger charge is -2.12. The van der Waals surface area contributed by atoms with E-state index in [9.17, 15) is 14.0 Å². The predicted molar refractivity (Wildman–Crippen MR) is 94.3 cm³/mol. The van der Waals surface area contributed by atoms with Crippen LogP contribution in [-0.4, -0.2) is 24.9 Å². The number of nitrogens with one attached hydrogen (secondary N) is 2. The molecule has 0 saturated heterocycles. The van der Waals surface area contributed by atoms with Crippen molar-refractivity contribution in [2.24, 2.45) is 5.73 Å². The topological polar surface area (TPSA) is 84.2 Å². The van der Waals surface area contributed by atoms with Crippen LogP contribution in [0.25, 0.3) is 0 Å². The van der Waals surface area contributed by atoms with Crippen LogP contribution in [0.4, 0.5) is 4.39 Å². The molecule has 1 unspecified atom stereocenters. The molecule has 25 heavy (non-hydrogen) atoms. The minimum Gasteiger partial charge on any atom is -0.356 e. The fourth-order valence-electron chi connectivity index (χ4n) is 2.34. The average Bonchev–Trinajstić information content (AvgIpc) is 2.62. The Kier molecular flexibility index (Phi) is 7.10. The van der Waals surface area contributed by atoms with Crippen LogP contribution in [-0.2, 0) is 4.79 Å². The van der Waals surface area contributed by atoms with Crippen molar-refractivity contribution in [2.45, 2.75) is 18.9 Å². The van der Waals surface area contributed by atoms with Gasteiger partial charge in [0.2, 0.25) is 5.91 Å². The Balaban J connectivity index is 1.62. The highest BCUT2D eigenvalue weighted by molar-refractivity contribution is 5.94. The minimum atomic E-state index is -0.449. The first-order valence-electron chi connectivity index (χ1n) is 8.17. The maximum absolute atomic E-state index is 13.0. The van der Waals surface area contributed by atoms with Gasteiger partial charge in [-0.15, -0.1) is 0 Å². The van der Waals surface area contributed by atoms with Crippen LogP contribution in [0.2, 0.25) is 0 Å². The monoisotopic (exact) mass is 343 g/mol. The Labute approximate surface area is 146 Å². The number of halogens is 1. The molecule has 2 amide bonds. The first-order chi connectivity index (χ1) is 12.1. The molecule has 0 saturated carbocycles. The van der Waals surface area contributed by atoms with Crippen LogP contribution in [0.3, 0.4) is 0 Å². The molecule has 132 valence electrons. The summed E-state index contributed by atoms with van der Waals surface area (Å²) in [4.78, 5) is 23.7. The van der Waals surface area contributed by atoms with E-state index in [-0.39, 0.29) is 29.8 Å². The number of nitrogens with two attached hydrogens (primary N) is 1. The van der Waals surface area contributed by atoms with Crippen LogP contribution in [0.15, 0.2) is 54.6 Å². The second-order valence-corrected chi connectivity index (χ2v) is 5.69. The van der Waals surface area contributed by atoms with Gasteiger partial charge in [0.25, 0.3) is 5.91 Å². The number of carbonyl (C=O) groups excluding carboxylic acids is 2. The fraction of sp³-hybridized carbons (Fsp3) is 0.263. The standard InChI is InChI=1S/C19H22FN3O2/c20-16-9-4-8-15(12-16)19(25)23-11-5-10-22-18(24)13-17(21)14-6-2-1-3-7-14/h1-4,6-9,12,17H,5,10-11,13,21H2,(H,22,24)(H,23,25). The lowest BCUT2D eigenvalue weighted by atomic mass is 10.0. The highest BCUT2D eigenvalue weighted by atomic mass is 19.1. The zero-order chi connectivity index (χ0) is 18.1. The van der Waals surface area contributed by atoms with Gasteiger partial charge in [-0.1, -0.05) is 36.4 Å². The third kappa shape index (κ3) is 6.35. The smallest absolute Gasteiger partial charge is 0.251 e. The summed E-state index contributed by atoms with van der Waals surface area (Å²) in [6.45, 7) is 0.824. The van der Waals surface area contributed by atoms with Gasteiger partial charge in [-0.05, 0) is 30.2 Å². The van der Waals surface area contributed by atoms with E-state index in [2.05, 4.69) is 10.6 Å². The predicted octanol–water partition coefficient (Wildman–Crippen LogP) is 2.15. The van der Waals surface area contributed by atoms with Crippen molar-refractivity contribution < 1.29 is 14.0 Å². The summed E-state index contributed by atoms with van der Waals surface area (Å²) < 4.78 is 13.0. The van der Waals surface area contributed by atoms with Crippen LogP contribution in [0, 0.1) is 5.82 Å². The Morgan fingerprint density at radius 1 is 1.00 bits per heavy atom. The van der Waals surface area contributed by atoms with Crippen molar-refractivity contribution in [1.82, 2.24) is 10.6 Å². The first-order valence-corrected chi connectivity index (χ1v) is 8.17. The molecule has 5 nitrogen and oxygen atoms in total. The Bertz CT molecular complexity index is 707. The molecule has 0 aliphatic carbocycles. The minimum absolute atomic E-state index is 0.132. The molecule has 0 radical (unpaired) electrons. The van der Waals surface area contributed by atoms with Crippen molar-refractivity contribution in [3.05, 3.63) is 71.5 Å². The number of benzene rings is 2. The molecule has 6 heteroatoms. The summed E-state index contributed by atoms with van der Waals surface area (Å²) in [6.07, 6.45) is 0.785. The van der Waals surface area contributed by atoms with Gasteiger partial charge >= 0.3 is 0 Å². The largest absolute Gasteiger partial charge is 0.356 e. The molecule has 2 aromatic carbocycles. The summed E-state index contributed by atoms with van der Waals surface area (Å²) in [5, 5.41) is 5.46. The van der Waals surface area contributed by atoms with Gasteiger partial charge in [-0.2, -0.15) is 0 Å². The van der Waals surface area contributed by atoms with Crippen molar-refractivity contribution in [1.29, 1.82) is 0 Å². The molecule has 2 rings (SSSR count). The Morgan fingerprint density at radius 3 is 2.44 bits per heavy atom. The quantitative estimate of drug-likeness (QED) is 0.642. The number of rotatable bonds is 8. The maximum Gasteiger partial charge on any atom is 0.251 e. The second-order valence-electron chi connectivity index (χ2n) is 5.69. The van der Waals surface area contributed by atoms with E-state index in [4.69, 9.17) is 5.73 Å². The lowest BCUT2D eigenvalue weighted by Crippen LogP contribution is -2.31. The maximum atomic E-state index is 13.0. The van der Waals surface area contributed by atoms with Crippen molar-refractivity contribution in [3.8, 4) is 0 Å². The van der Waals surface area contributed by atoms with E-state index in [0.717, 1.165) is 5.56 Å². The first kappa shape index (κ1) is 18.6. The molecular formula is C19H22FN3O2. The van der Waals surface area contributed by atoms with Gasteiger partial charge in [0.05, 0.1) is 0 Å². The van der Waals surface area contributed by atoms with Gasteiger partial charge in [-0.25, -0.2) is 4.39 Å². The van der Waals surface area contributed by atoms with Crippen LogP contribution >= 0.6 is 0 Å². The summed E-state index contributed by atoms with van der Waals surface area (Å²) in [5.41, 5.74) is 7.19.